The van der Waals surface area contributed by atoms with E-state index in [1.54, 1.807) is 12.1 Å². The maximum atomic E-state index is 11.0. The lowest BCUT2D eigenvalue weighted by Crippen LogP contribution is -2.24. The second kappa shape index (κ2) is 6.67. The van der Waals surface area contributed by atoms with Gasteiger partial charge < -0.3 is 14.4 Å². The molecule has 1 N–H and O–H groups in total. The minimum Gasteiger partial charge on any atom is -0.484 e. The quantitative estimate of drug-likeness (QED) is 0.555. The number of aliphatic hydroxyl groups is 1. The van der Waals surface area contributed by atoms with Gasteiger partial charge in [0, 0.05) is 6.07 Å². The predicted molar refractivity (Wildman–Crippen MR) is 89.1 cm³/mol. The van der Waals surface area contributed by atoms with Crippen LogP contribution in [0.3, 0.4) is 0 Å². The summed E-state index contributed by atoms with van der Waals surface area (Å²) in [5, 5.41) is 21.2. The molecule has 124 valence electrons. The van der Waals surface area contributed by atoms with E-state index < -0.39 is 11.0 Å². The third kappa shape index (κ3) is 3.21. The number of rotatable bonds is 6. The minimum atomic E-state index is -0.818. The molecule has 1 aromatic heterocycles. The molecule has 3 rings (SSSR count). The van der Waals surface area contributed by atoms with Gasteiger partial charge in [-0.1, -0.05) is 24.3 Å². The number of nitro benzene ring substituents is 1. The van der Waals surface area contributed by atoms with Gasteiger partial charge in [-0.2, -0.15) is 0 Å². The van der Waals surface area contributed by atoms with Gasteiger partial charge >= 0.3 is 5.69 Å². The summed E-state index contributed by atoms with van der Waals surface area (Å²) < 4.78 is 7.34. The van der Waals surface area contributed by atoms with Crippen molar-refractivity contribution in [3.8, 4) is 5.75 Å². The van der Waals surface area contributed by atoms with E-state index in [9.17, 15) is 15.2 Å². The van der Waals surface area contributed by atoms with Crippen LogP contribution in [0.25, 0.3) is 11.0 Å². The van der Waals surface area contributed by atoms with Gasteiger partial charge in [0.05, 0.1) is 22.5 Å². The van der Waals surface area contributed by atoms with Crippen molar-refractivity contribution in [2.75, 3.05) is 6.61 Å². The number of aliphatic hydroxyl groups excluding tert-OH is 1. The molecule has 0 saturated heterocycles. The Bertz CT molecular complexity index is 875. The summed E-state index contributed by atoms with van der Waals surface area (Å²) in [6, 6.07) is 13.8. The zero-order valence-electron chi connectivity index (χ0n) is 13.1. The standard InChI is InChI=1S/C17H17N3O4/c1-12-18-14-6-2-3-7-15(14)19(12)10-13(21)11-24-17-9-5-4-8-16(17)20(22)23/h2-9,13,21H,10-11H2,1H3/t13-/m1/s1. The molecule has 0 aliphatic carbocycles. The first kappa shape index (κ1) is 15.9. The van der Waals surface area contributed by atoms with Crippen molar-refractivity contribution in [2.24, 2.45) is 0 Å². The normalized spacial score (nSPS) is 12.2. The molecule has 0 aliphatic heterocycles. The van der Waals surface area contributed by atoms with Gasteiger partial charge in [-0.3, -0.25) is 10.1 Å². The van der Waals surface area contributed by atoms with E-state index in [2.05, 4.69) is 4.98 Å². The van der Waals surface area contributed by atoms with Gasteiger partial charge in [-0.25, -0.2) is 4.98 Å². The highest BCUT2D eigenvalue weighted by atomic mass is 16.6. The Morgan fingerprint density at radius 2 is 1.96 bits per heavy atom. The van der Waals surface area contributed by atoms with Crippen LogP contribution in [0.2, 0.25) is 0 Å². The Hall–Kier alpha value is -2.93. The average Bonchev–Trinajstić information content (AvgIpc) is 2.89. The summed E-state index contributed by atoms with van der Waals surface area (Å²) in [5.74, 6) is 0.940. The number of hydrogen-bond donors (Lipinski definition) is 1. The minimum absolute atomic E-state index is 0.0448. The first-order chi connectivity index (χ1) is 11.6. The zero-order chi connectivity index (χ0) is 17.1. The Labute approximate surface area is 138 Å². The molecular formula is C17H17N3O4. The fraction of sp³-hybridized carbons (Fsp3) is 0.235. The molecular weight excluding hydrogens is 310 g/mol. The van der Waals surface area contributed by atoms with E-state index >= 15 is 0 Å². The third-order valence-electron chi connectivity index (χ3n) is 3.73. The molecule has 24 heavy (non-hydrogen) atoms. The van der Waals surface area contributed by atoms with Crippen molar-refractivity contribution < 1.29 is 14.8 Å². The van der Waals surface area contributed by atoms with Gasteiger partial charge in [0.1, 0.15) is 18.5 Å². The van der Waals surface area contributed by atoms with Gasteiger partial charge in [0.25, 0.3) is 0 Å². The lowest BCUT2D eigenvalue weighted by atomic mass is 10.3. The maximum Gasteiger partial charge on any atom is 0.310 e. The molecule has 0 amide bonds. The first-order valence-electron chi connectivity index (χ1n) is 7.52. The second-order valence-corrected chi connectivity index (χ2v) is 5.45. The van der Waals surface area contributed by atoms with Crippen LogP contribution in [0, 0.1) is 17.0 Å². The van der Waals surface area contributed by atoms with E-state index in [4.69, 9.17) is 4.74 Å². The number of fused-ring (bicyclic) bond motifs is 1. The fourth-order valence-corrected chi connectivity index (χ4v) is 2.61. The van der Waals surface area contributed by atoms with Crippen molar-refractivity contribution >= 4 is 16.7 Å². The molecule has 2 aromatic carbocycles. The number of aryl methyl sites for hydroxylation is 1. The summed E-state index contributed by atoms with van der Waals surface area (Å²) in [6.45, 7) is 2.12. The van der Waals surface area contributed by atoms with Crippen LogP contribution >= 0.6 is 0 Å². The number of nitro groups is 1. The topological polar surface area (TPSA) is 90.4 Å². The number of benzene rings is 2. The maximum absolute atomic E-state index is 11.0. The Morgan fingerprint density at radius 3 is 2.75 bits per heavy atom. The van der Waals surface area contributed by atoms with E-state index in [1.807, 2.05) is 35.8 Å². The van der Waals surface area contributed by atoms with E-state index in [0.717, 1.165) is 16.9 Å². The fourth-order valence-electron chi connectivity index (χ4n) is 2.61. The van der Waals surface area contributed by atoms with Crippen molar-refractivity contribution in [3.63, 3.8) is 0 Å². The molecule has 3 aromatic rings. The summed E-state index contributed by atoms with van der Waals surface area (Å²) in [6.07, 6.45) is -0.818. The molecule has 0 saturated carbocycles. The van der Waals surface area contributed by atoms with E-state index in [1.165, 1.54) is 12.1 Å². The number of para-hydroxylation sites is 4. The molecule has 0 aliphatic rings. The van der Waals surface area contributed by atoms with Crippen LogP contribution in [0.5, 0.6) is 5.75 Å². The van der Waals surface area contributed by atoms with Crippen LogP contribution in [0.15, 0.2) is 48.5 Å². The average molecular weight is 327 g/mol. The molecule has 7 heteroatoms. The van der Waals surface area contributed by atoms with Crippen LogP contribution in [0.1, 0.15) is 5.82 Å². The molecule has 0 radical (unpaired) electrons. The summed E-state index contributed by atoms with van der Waals surface area (Å²) in [7, 11) is 0. The van der Waals surface area contributed by atoms with Crippen molar-refractivity contribution in [1.82, 2.24) is 9.55 Å². The summed E-state index contributed by atoms with van der Waals surface area (Å²) in [5.41, 5.74) is 1.68. The number of imidazole rings is 1. The number of hydrogen-bond acceptors (Lipinski definition) is 5. The Kier molecular flexibility index (Phi) is 4.43. The summed E-state index contributed by atoms with van der Waals surface area (Å²) in [4.78, 5) is 14.9. The van der Waals surface area contributed by atoms with Crippen molar-refractivity contribution in [3.05, 3.63) is 64.5 Å². The smallest absolute Gasteiger partial charge is 0.310 e. The highest BCUT2D eigenvalue weighted by Gasteiger charge is 2.16. The largest absolute Gasteiger partial charge is 0.484 e. The molecule has 0 fully saturated rings. The highest BCUT2D eigenvalue weighted by molar-refractivity contribution is 5.75. The number of ether oxygens (including phenoxy) is 1. The predicted octanol–water partition coefficient (Wildman–Crippen LogP) is 2.69. The molecule has 1 heterocycles. The number of nitrogens with zero attached hydrogens (tertiary/aromatic N) is 3. The zero-order valence-corrected chi connectivity index (χ0v) is 13.1. The molecule has 0 spiro atoms. The highest BCUT2D eigenvalue weighted by Crippen LogP contribution is 2.26. The van der Waals surface area contributed by atoms with Gasteiger partial charge in [0.15, 0.2) is 5.75 Å². The van der Waals surface area contributed by atoms with Crippen LogP contribution < -0.4 is 4.74 Å². The first-order valence-corrected chi connectivity index (χ1v) is 7.52. The molecule has 7 nitrogen and oxygen atoms in total. The van der Waals surface area contributed by atoms with Crippen LogP contribution in [-0.2, 0) is 6.54 Å². The third-order valence-corrected chi connectivity index (χ3v) is 3.73. The lowest BCUT2D eigenvalue weighted by molar-refractivity contribution is -0.385. The van der Waals surface area contributed by atoms with Crippen molar-refractivity contribution in [2.45, 2.75) is 19.6 Å². The molecule has 0 bridgehead atoms. The second-order valence-electron chi connectivity index (χ2n) is 5.45. The number of aromatic nitrogens is 2. The van der Waals surface area contributed by atoms with Crippen LogP contribution in [-0.4, -0.2) is 32.3 Å². The van der Waals surface area contributed by atoms with Crippen LogP contribution in [0.4, 0.5) is 5.69 Å². The molecule has 0 unspecified atom stereocenters. The SMILES string of the molecule is Cc1nc2ccccc2n1C[C@@H](O)COc1ccccc1[N+](=O)[O-]. The lowest BCUT2D eigenvalue weighted by Gasteiger charge is -2.14. The van der Waals surface area contributed by atoms with Gasteiger partial charge in [-0.05, 0) is 25.1 Å². The van der Waals surface area contributed by atoms with Crippen molar-refractivity contribution in [1.29, 1.82) is 0 Å². The Balaban J connectivity index is 1.71. The van der Waals surface area contributed by atoms with E-state index in [-0.39, 0.29) is 18.0 Å². The monoisotopic (exact) mass is 327 g/mol. The van der Waals surface area contributed by atoms with Gasteiger partial charge in [0.2, 0.25) is 0 Å². The Morgan fingerprint density at radius 1 is 1.25 bits per heavy atom. The summed E-state index contributed by atoms with van der Waals surface area (Å²) >= 11 is 0. The van der Waals surface area contributed by atoms with Gasteiger partial charge in [-0.15, -0.1) is 0 Å². The van der Waals surface area contributed by atoms with E-state index in [0.29, 0.717) is 6.54 Å². The molecule has 1 atom stereocenters.